The number of amides is 2. The van der Waals surface area contributed by atoms with Crippen LogP contribution < -0.4 is 16.0 Å². The average molecular weight is 377 g/mol. The van der Waals surface area contributed by atoms with E-state index in [1.807, 2.05) is 30.3 Å². The van der Waals surface area contributed by atoms with Crippen molar-refractivity contribution in [2.45, 2.75) is 18.9 Å². The second-order valence-corrected chi connectivity index (χ2v) is 7.52. The summed E-state index contributed by atoms with van der Waals surface area (Å²) in [4.78, 5) is 25.1. The first-order valence-corrected chi connectivity index (χ1v) is 9.25. The SMILES string of the molecule is O=C(Nc1n[nH]c(=S)s1)N[C@@H](Cc1ccccc1)C(=O)C1CCNC1. The van der Waals surface area contributed by atoms with E-state index in [2.05, 4.69) is 26.1 Å². The summed E-state index contributed by atoms with van der Waals surface area (Å²) in [6.45, 7) is 1.49. The Balaban J connectivity index is 1.69. The van der Waals surface area contributed by atoms with Crippen LogP contribution in [0.5, 0.6) is 0 Å². The molecule has 7 nitrogen and oxygen atoms in total. The predicted octanol–water partition coefficient (Wildman–Crippen LogP) is 2.11. The van der Waals surface area contributed by atoms with Crippen LogP contribution in [0.1, 0.15) is 12.0 Å². The largest absolute Gasteiger partial charge is 0.328 e. The highest BCUT2D eigenvalue weighted by molar-refractivity contribution is 7.73. The molecule has 4 N–H and O–H groups in total. The van der Waals surface area contributed by atoms with E-state index in [4.69, 9.17) is 12.2 Å². The van der Waals surface area contributed by atoms with Gasteiger partial charge in [0.1, 0.15) is 0 Å². The van der Waals surface area contributed by atoms with Gasteiger partial charge < -0.3 is 10.6 Å². The number of hydrogen-bond donors (Lipinski definition) is 4. The van der Waals surface area contributed by atoms with Gasteiger partial charge in [-0.15, -0.1) is 5.10 Å². The molecule has 2 amide bonds. The molecule has 0 saturated carbocycles. The lowest BCUT2D eigenvalue weighted by molar-refractivity contribution is -0.124. The molecule has 132 valence electrons. The molecule has 25 heavy (non-hydrogen) atoms. The van der Waals surface area contributed by atoms with Gasteiger partial charge in [0.25, 0.3) is 0 Å². The van der Waals surface area contributed by atoms with Crippen molar-refractivity contribution in [3.05, 3.63) is 39.8 Å². The third-order valence-corrected chi connectivity index (χ3v) is 5.06. The summed E-state index contributed by atoms with van der Waals surface area (Å²) in [5.41, 5.74) is 1.00. The molecule has 9 heteroatoms. The lowest BCUT2D eigenvalue weighted by Crippen LogP contribution is -2.47. The Kier molecular flexibility index (Phi) is 5.90. The first-order valence-electron chi connectivity index (χ1n) is 8.03. The highest BCUT2D eigenvalue weighted by Crippen LogP contribution is 2.15. The minimum absolute atomic E-state index is 0.0543. The van der Waals surface area contributed by atoms with E-state index in [0.717, 1.165) is 29.9 Å². The van der Waals surface area contributed by atoms with Gasteiger partial charge in [0, 0.05) is 12.5 Å². The maximum Gasteiger partial charge on any atom is 0.321 e. The predicted molar refractivity (Wildman–Crippen MR) is 99.4 cm³/mol. The van der Waals surface area contributed by atoms with Gasteiger partial charge in [-0.2, -0.15) is 0 Å². The Hall–Kier alpha value is -2.10. The molecule has 1 aromatic carbocycles. The number of benzene rings is 1. The molecule has 0 radical (unpaired) electrons. The van der Waals surface area contributed by atoms with Crippen LogP contribution in [0, 0.1) is 9.87 Å². The molecule has 1 aromatic heterocycles. The van der Waals surface area contributed by atoms with Crippen molar-refractivity contribution in [1.82, 2.24) is 20.8 Å². The maximum atomic E-state index is 12.8. The van der Waals surface area contributed by atoms with Crippen LogP contribution >= 0.6 is 23.6 Å². The number of nitrogens with one attached hydrogen (secondary N) is 4. The van der Waals surface area contributed by atoms with Crippen molar-refractivity contribution < 1.29 is 9.59 Å². The Morgan fingerprint density at radius 1 is 1.36 bits per heavy atom. The fraction of sp³-hybridized carbons (Fsp3) is 0.375. The number of anilines is 1. The van der Waals surface area contributed by atoms with Gasteiger partial charge in [0.2, 0.25) is 5.13 Å². The summed E-state index contributed by atoms with van der Waals surface area (Å²) in [6.07, 6.45) is 1.26. The molecule has 1 fully saturated rings. The van der Waals surface area contributed by atoms with Crippen LogP contribution in [0.3, 0.4) is 0 Å². The topological polar surface area (TPSA) is 98.9 Å². The monoisotopic (exact) mass is 377 g/mol. The fourth-order valence-electron chi connectivity index (χ4n) is 2.83. The number of carbonyl (C=O) groups excluding carboxylic acids is 2. The van der Waals surface area contributed by atoms with Gasteiger partial charge in [-0.25, -0.2) is 4.79 Å². The van der Waals surface area contributed by atoms with Crippen LogP contribution in [-0.4, -0.2) is 41.1 Å². The van der Waals surface area contributed by atoms with Crippen molar-refractivity contribution in [3.8, 4) is 0 Å². The number of urea groups is 1. The summed E-state index contributed by atoms with van der Waals surface area (Å²) in [6, 6.07) is 8.62. The molecule has 3 rings (SSSR count). The fourth-order valence-corrected chi connectivity index (χ4v) is 3.61. The number of hydrogen-bond acceptors (Lipinski definition) is 6. The van der Waals surface area contributed by atoms with E-state index in [-0.39, 0.29) is 11.7 Å². The standard InChI is InChI=1S/C16H19N5O2S2/c22-13(11-6-7-17-9-11)12(8-10-4-2-1-3-5-10)18-14(23)19-15-20-21-16(24)25-15/h1-5,11-12,17H,6-9H2,(H,21,24)(H2,18,19,20,23)/t11?,12-/m0/s1. The third-order valence-electron chi connectivity index (χ3n) is 4.05. The number of rotatable bonds is 6. The van der Waals surface area contributed by atoms with Gasteiger partial charge in [-0.1, -0.05) is 41.7 Å². The van der Waals surface area contributed by atoms with E-state index in [0.29, 0.717) is 22.1 Å². The summed E-state index contributed by atoms with van der Waals surface area (Å²) in [7, 11) is 0. The summed E-state index contributed by atoms with van der Waals surface area (Å²) >= 11 is 6.10. The van der Waals surface area contributed by atoms with E-state index in [1.165, 1.54) is 0 Å². The van der Waals surface area contributed by atoms with Crippen LogP contribution in [0.25, 0.3) is 0 Å². The van der Waals surface area contributed by atoms with Crippen molar-refractivity contribution in [1.29, 1.82) is 0 Å². The minimum atomic E-state index is -0.584. The first-order chi connectivity index (χ1) is 12.1. The molecule has 2 atom stereocenters. The highest BCUT2D eigenvalue weighted by atomic mass is 32.1. The van der Waals surface area contributed by atoms with E-state index in [9.17, 15) is 9.59 Å². The van der Waals surface area contributed by atoms with Gasteiger partial charge in [0.15, 0.2) is 9.74 Å². The normalized spacial score (nSPS) is 17.8. The molecule has 0 spiro atoms. The van der Waals surface area contributed by atoms with E-state index in [1.54, 1.807) is 0 Å². The molecular formula is C16H19N5O2S2. The highest BCUT2D eigenvalue weighted by Gasteiger charge is 2.30. The zero-order chi connectivity index (χ0) is 17.6. The van der Waals surface area contributed by atoms with Crippen LogP contribution in [0.2, 0.25) is 0 Å². The van der Waals surface area contributed by atoms with Crippen molar-refractivity contribution in [2.24, 2.45) is 5.92 Å². The maximum absolute atomic E-state index is 12.8. The summed E-state index contributed by atoms with van der Waals surface area (Å²) in [5.74, 6) is -0.0138. The average Bonchev–Trinajstić information content (AvgIpc) is 3.26. The Labute approximate surface area is 154 Å². The Morgan fingerprint density at radius 2 is 2.16 bits per heavy atom. The first kappa shape index (κ1) is 17.7. The lowest BCUT2D eigenvalue weighted by Gasteiger charge is -2.20. The molecular weight excluding hydrogens is 358 g/mol. The number of ketones is 1. The van der Waals surface area contributed by atoms with Crippen molar-refractivity contribution >= 4 is 40.5 Å². The zero-order valence-electron chi connectivity index (χ0n) is 13.5. The molecule has 2 heterocycles. The number of aromatic nitrogens is 2. The second kappa shape index (κ2) is 8.32. The molecule has 1 saturated heterocycles. The lowest BCUT2D eigenvalue weighted by atomic mass is 9.93. The molecule has 1 unspecified atom stereocenters. The molecule has 1 aliphatic heterocycles. The van der Waals surface area contributed by atoms with E-state index >= 15 is 0 Å². The smallest absolute Gasteiger partial charge is 0.321 e. The van der Waals surface area contributed by atoms with Gasteiger partial charge >= 0.3 is 6.03 Å². The van der Waals surface area contributed by atoms with Crippen molar-refractivity contribution in [2.75, 3.05) is 18.4 Å². The van der Waals surface area contributed by atoms with Crippen molar-refractivity contribution in [3.63, 3.8) is 0 Å². The zero-order valence-corrected chi connectivity index (χ0v) is 15.1. The number of nitrogens with zero attached hydrogens (tertiary/aromatic N) is 1. The second-order valence-electron chi connectivity index (χ2n) is 5.85. The van der Waals surface area contributed by atoms with Crippen LogP contribution in [0.15, 0.2) is 30.3 Å². The summed E-state index contributed by atoms with van der Waals surface area (Å²) in [5, 5.41) is 15.5. The number of carbonyl (C=O) groups is 2. The number of H-pyrrole nitrogens is 1. The van der Waals surface area contributed by atoms with Crippen LogP contribution in [0.4, 0.5) is 9.93 Å². The molecule has 2 aromatic rings. The Bertz CT molecular complexity index is 783. The van der Waals surface area contributed by atoms with Gasteiger partial charge in [0.05, 0.1) is 6.04 Å². The molecule has 1 aliphatic rings. The quantitative estimate of drug-likeness (QED) is 0.578. The van der Waals surface area contributed by atoms with Gasteiger partial charge in [-0.3, -0.25) is 15.2 Å². The minimum Gasteiger partial charge on any atom is -0.328 e. The summed E-state index contributed by atoms with van der Waals surface area (Å²) < 4.78 is 0.476. The van der Waals surface area contributed by atoms with E-state index < -0.39 is 12.1 Å². The molecule has 0 aliphatic carbocycles. The Morgan fingerprint density at radius 3 is 2.80 bits per heavy atom. The number of aromatic amines is 1. The number of Topliss-reactive ketones (excluding diaryl/α,β-unsaturated/α-hetero) is 1. The molecule has 0 bridgehead atoms. The van der Waals surface area contributed by atoms with Crippen LogP contribution in [-0.2, 0) is 11.2 Å². The third kappa shape index (κ3) is 4.94. The van der Waals surface area contributed by atoms with Gasteiger partial charge in [-0.05, 0) is 37.2 Å².